The van der Waals surface area contributed by atoms with E-state index in [-0.39, 0.29) is 0 Å². The Bertz CT molecular complexity index is 355. The van der Waals surface area contributed by atoms with E-state index in [1.807, 2.05) is 6.07 Å². The highest BCUT2D eigenvalue weighted by Gasteiger charge is 2.51. The number of methoxy groups -OCH3 is 1. The summed E-state index contributed by atoms with van der Waals surface area (Å²) in [6.07, 6.45) is 1.27. The highest BCUT2D eigenvalue weighted by molar-refractivity contribution is 7.16. The molecule has 1 aliphatic rings. The van der Waals surface area contributed by atoms with Crippen LogP contribution in [0.15, 0.2) is 12.1 Å². The van der Waals surface area contributed by atoms with Crippen LogP contribution >= 0.6 is 22.9 Å². The van der Waals surface area contributed by atoms with Gasteiger partial charge in [-0.25, -0.2) is 0 Å². The molecule has 2 nitrogen and oxygen atoms in total. The fraction of sp³-hybridized carbons (Fsp3) is 0.667. The van der Waals surface area contributed by atoms with Crippen molar-refractivity contribution in [1.82, 2.24) is 5.32 Å². The molecule has 0 aromatic carbocycles. The second-order valence-corrected chi connectivity index (χ2v) is 6.33. The Morgan fingerprint density at radius 2 is 2.44 bits per heavy atom. The SMILES string of the molecule is COCCNCC1CC1(C)c1ccc(Cl)s1. The molecular weight excluding hydrogens is 242 g/mol. The first-order valence-corrected chi connectivity index (χ1v) is 6.82. The normalized spacial score (nSPS) is 28.3. The Labute approximate surface area is 106 Å². The van der Waals surface area contributed by atoms with Crippen molar-refractivity contribution < 1.29 is 4.74 Å². The van der Waals surface area contributed by atoms with E-state index < -0.39 is 0 Å². The quantitative estimate of drug-likeness (QED) is 0.794. The maximum absolute atomic E-state index is 5.97. The van der Waals surface area contributed by atoms with Crippen molar-refractivity contribution >= 4 is 22.9 Å². The van der Waals surface area contributed by atoms with Gasteiger partial charge >= 0.3 is 0 Å². The lowest BCUT2D eigenvalue weighted by Crippen LogP contribution is -2.23. The topological polar surface area (TPSA) is 21.3 Å². The summed E-state index contributed by atoms with van der Waals surface area (Å²) in [4.78, 5) is 1.43. The van der Waals surface area contributed by atoms with Crippen molar-refractivity contribution in [2.45, 2.75) is 18.8 Å². The van der Waals surface area contributed by atoms with Crippen molar-refractivity contribution in [1.29, 1.82) is 0 Å². The largest absolute Gasteiger partial charge is 0.383 e. The van der Waals surface area contributed by atoms with E-state index in [4.69, 9.17) is 16.3 Å². The molecule has 1 fully saturated rings. The first-order valence-electron chi connectivity index (χ1n) is 5.62. The van der Waals surface area contributed by atoms with Crippen molar-refractivity contribution in [3.8, 4) is 0 Å². The lowest BCUT2D eigenvalue weighted by atomic mass is 10.0. The van der Waals surface area contributed by atoms with Gasteiger partial charge in [0.05, 0.1) is 10.9 Å². The van der Waals surface area contributed by atoms with Gasteiger partial charge in [-0.2, -0.15) is 0 Å². The van der Waals surface area contributed by atoms with Crippen LogP contribution in [0.2, 0.25) is 4.34 Å². The minimum Gasteiger partial charge on any atom is -0.383 e. The van der Waals surface area contributed by atoms with Gasteiger partial charge in [0, 0.05) is 23.9 Å². The predicted octanol–water partition coefficient (Wildman–Crippen LogP) is 2.92. The van der Waals surface area contributed by atoms with E-state index in [0.717, 1.165) is 30.0 Å². The Balaban J connectivity index is 1.80. The molecule has 1 aliphatic carbocycles. The van der Waals surface area contributed by atoms with E-state index in [1.165, 1.54) is 11.3 Å². The molecule has 1 aromatic rings. The molecule has 16 heavy (non-hydrogen) atoms. The molecule has 2 atom stereocenters. The van der Waals surface area contributed by atoms with E-state index in [0.29, 0.717) is 5.41 Å². The van der Waals surface area contributed by atoms with Gasteiger partial charge in [-0.3, -0.25) is 0 Å². The van der Waals surface area contributed by atoms with Crippen molar-refractivity contribution in [2.75, 3.05) is 26.8 Å². The van der Waals surface area contributed by atoms with Gasteiger partial charge in [0.15, 0.2) is 0 Å². The summed E-state index contributed by atoms with van der Waals surface area (Å²) < 4.78 is 5.90. The molecule has 1 saturated carbocycles. The summed E-state index contributed by atoms with van der Waals surface area (Å²) >= 11 is 7.69. The van der Waals surface area contributed by atoms with Gasteiger partial charge in [0.1, 0.15) is 0 Å². The van der Waals surface area contributed by atoms with Crippen LogP contribution in [0.1, 0.15) is 18.2 Å². The molecular formula is C12H18ClNOS. The average molecular weight is 260 g/mol. The molecule has 2 unspecified atom stereocenters. The van der Waals surface area contributed by atoms with Gasteiger partial charge in [-0.15, -0.1) is 11.3 Å². The Morgan fingerprint density at radius 1 is 1.62 bits per heavy atom. The van der Waals surface area contributed by atoms with E-state index in [2.05, 4.69) is 18.3 Å². The van der Waals surface area contributed by atoms with Gasteiger partial charge in [0.25, 0.3) is 0 Å². The summed E-state index contributed by atoms with van der Waals surface area (Å²) in [6, 6.07) is 4.17. The van der Waals surface area contributed by atoms with Crippen LogP contribution in [0.3, 0.4) is 0 Å². The summed E-state index contributed by atoms with van der Waals surface area (Å²) in [5.41, 5.74) is 0.359. The summed E-state index contributed by atoms with van der Waals surface area (Å²) in [5.74, 6) is 0.749. The highest BCUT2D eigenvalue weighted by atomic mass is 35.5. The number of thiophene rings is 1. The number of ether oxygens (including phenoxy) is 1. The molecule has 1 N–H and O–H groups in total. The minimum atomic E-state index is 0.359. The van der Waals surface area contributed by atoms with Gasteiger partial charge < -0.3 is 10.1 Å². The summed E-state index contributed by atoms with van der Waals surface area (Å²) in [6.45, 7) is 5.13. The maximum atomic E-state index is 5.97. The zero-order chi connectivity index (χ0) is 11.6. The maximum Gasteiger partial charge on any atom is 0.0931 e. The highest BCUT2D eigenvalue weighted by Crippen LogP contribution is 2.55. The number of nitrogens with one attached hydrogen (secondary N) is 1. The molecule has 0 amide bonds. The monoisotopic (exact) mass is 259 g/mol. The lowest BCUT2D eigenvalue weighted by Gasteiger charge is -2.09. The molecule has 4 heteroatoms. The lowest BCUT2D eigenvalue weighted by molar-refractivity contribution is 0.199. The first kappa shape index (κ1) is 12.4. The van der Waals surface area contributed by atoms with Crippen LogP contribution in [0.5, 0.6) is 0 Å². The van der Waals surface area contributed by atoms with Crippen LogP contribution in [-0.4, -0.2) is 26.8 Å². The second kappa shape index (κ2) is 5.05. The molecule has 1 aromatic heterocycles. The fourth-order valence-corrected chi connectivity index (χ4v) is 3.40. The number of hydrogen-bond donors (Lipinski definition) is 1. The van der Waals surface area contributed by atoms with Crippen molar-refractivity contribution in [2.24, 2.45) is 5.92 Å². The third kappa shape index (κ3) is 2.59. The van der Waals surface area contributed by atoms with Gasteiger partial charge in [0.2, 0.25) is 0 Å². The summed E-state index contributed by atoms with van der Waals surface area (Å²) in [7, 11) is 1.73. The van der Waals surface area contributed by atoms with Crippen molar-refractivity contribution in [3.63, 3.8) is 0 Å². The van der Waals surface area contributed by atoms with Gasteiger partial charge in [-0.1, -0.05) is 18.5 Å². The third-order valence-electron chi connectivity index (χ3n) is 3.42. The number of hydrogen-bond acceptors (Lipinski definition) is 3. The fourth-order valence-electron chi connectivity index (χ4n) is 2.12. The van der Waals surface area contributed by atoms with Crippen molar-refractivity contribution in [3.05, 3.63) is 21.3 Å². The first-order chi connectivity index (χ1) is 7.66. The molecule has 2 rings (SSSR count). The van der Waals surface area contributed by atoms with E-state index in [1.54, 1.807) is 18.4 Å². The molecule has 0 bridgehead atoms. The standard InChI is InChI=1S/C12H18ClNOS/c1-12(10-3-4-11(13)16-10)7-9(12)8-14-5-6-15-2/h3-4,9,14H,5-8H2,1-2H3. The Morgan fingerprint density at radius 3 is 3.06 bits per heavy atom. The molecule has 90 valence electrons. The molecule has 0 radical (unpaired) electrons. The minimum absolute atomic E-state index is 0.359. The van der Waals surface area contributed by atoms with E-state index >= 15 is 0 Å². The predicted molar refractivity (Wildman–Crippen MR) is 69.5 cm³/mol. The van der Waals surface area contributed by atoms with Crippen LogP contribution < -0.4 is 5.32 Å². The van der Waals surface area contributed by atoms with E-state index in [9.17, 15) is 0 Å². The van der Waals surface area contributed by atoms with Crippen LogP contribution in [0.4, 0.5) is 0 Å². The molecule has 1 heterocycles. The molecule has 0 saturated heterocycles. The summed E-state index contributed by atoms with van der Waals surface area (Å²) in [5, 5.41) is 3.43. The Hall–Kier alpha value is -0.0900. The van der Waals surface area contributed by atoms with Crippen LogP contribution in [0, 0.1) is 5.92 Å². The zero-order valence-electron chi connectivity index (χ0n) is 9.75. The number of halogens is 1. The smallest absolute Gasteiger partial charge is 0.0931 e. The van der Waals surface area contributed by atoms with Gasteiger partial charge in [-0.05, 0) is 31.0 Å². The third-order valence-corrected chi connectivity index (χ3v) is 4.93. The second-order valence-electron chi connectivity index (χ2n) is 4.62. The molecule has 0 spiro atoms. The Kier molecular flexibility index (Phi) is 3.90. The van der Waals surface area contributed by atoms with Crippen LogP contribution in [-0.2, 0) is 10.2 Å². The van der Waals surface area contributed by atoms with Crippen LogP contribution in [0.25, 0.3) is 0 Å². The molecule has 0 aliphatic heterocycles. The number of rotatable bonds is 6. The zero-order valence-corrected chi connectivity index (χ0v) is 11.3. The average Bonchev–Trinajstić information content (AvgIpc) is 2.71.